The molecule has 1 heterocycles. The maximum Gasteiger partial charge on any atom is 0.144 e. The van der Waals surface area contributed by atoms with Crippen molar-refractivity contribution in [2.45, 2.75) is 13.0 Å². The van der Waals surface area contributed by atoms with Crippen LogP contribution in [0, 0.1) is 11.3 Å². The van der Waals surface area contributed by atoms with Crippen molar-refractivity contribution >= 4 is 0 Å². The second-order valence-electron chi connectivity index (χ2n) is 3.49. The molecule has 1 N–H and O–H groups in total. The summed E-state index contributed by atoms with van der Waals surface area (Å²) in [4.78, 5) is 3.99. The normalized spacial score (nSPS) is 9.82. The predicted octanol–water partition coefficient (Wildman–Crippen LogP) is 1.64. The molecule has 0 amide bonds. The molecule has 0 aliphatic rings. The first kappa shape index (κ1) is 13.4. The Morgan fingerprint density at radius 1 is 1.53 bits per heavy atom. The minimum absolute atomic E-state index is 0.479. The molecule has 1 rings (SSSR count). The highest BCUT2D eigenvalue weighted by Gasteiger charge is 2.00. The molecule has 4 heteroatoms. The summed E-state index contributed by atoms with van der Waals surface area (Å²) in [5.74, 6) is 0. The van der Waals surface area contributed by atoms with Crippen molar-refractivity contribution in [3.63, 3.8) is 0 Å². The van der Waals surface area contributed by atoms with Crippen LogP contribution >= 0.6 is 0 Å². The van der Waals surface area contributed by atoms with Gasteiger partial charge in [-0.2, -0.15) is 5.26 Å². The van der Waals surface area contributed by atoms with Gasteiger partial charge < -0.3 is 10.1 Å². The maximum atomic E-state index is 8.84. The van der Waals surface area contributed by atoms with Gasteiger partial charge in [-0.05, 0) is 12.5 Å². The first-order chi connectivity index (χ1) is 8.38. The second-order valence-corrected chi connectivity index (χ2v) is 3.49. The lowest BCUT2D eigenvalue weighted by Gasteiger charge is -2.06. The van der Waals surface area contributed by atoms with E-state index in [4.69, 9.17) is 10.00 Å². The lowest BCUT2D eigenvalue weighted by atomic mass is 10.2. The highest BCUT2D eigenvalue weighted by atomic mass is 16.5. The van der Waals surface area contributed by atoms with Crippen LogP contribution in [0.1, 0.15) is 17.7 Å². The van der Waals surface area contributed by atoms with E-state index in [0.717, 1.165) is 18.5 Å². The Morgan fingerprint density at radius 3 is 3.18 bits per heavy atom. The van der Waals surface area contributed by atoms with Crippen molar-refractivity contribution < 1.29 is 4.74 Å². The van der Waals surface area contributed by atoms with Crippen LogP contribution in [-0.4, -0.2) is 24.7 Å². The molecule has 0 saturated heterocycles. The number of hydrogen-bond acceptors (Lipinski definition) is 4. The summed E-state index contributed by atoms with van der Waals surface area (Å²) in [6.45, 7) is 6.39. The van der Waals surface area contributed by atoms with Crippen LogP contribution < -0.4 is 5.32 Å². The molecule has 17 heavy (non-hydrogen) atoms. The number of aromatic nitrogens is 1. The summed E-state index contributed by atoms with van der Waals surface area (Å²) in [5.41, 5.74) is 1.40. The Labute approximate surface area is 102 Å². The molecule has 0 saturated carbocycles. The molecule has 1 aromatic rings. The van der Waals surface area contributed by atoms with Crippen molar-refractivity contribution in [3.05, 3.63) is 42.2 Å². The van der Waals surface area contributed by atoms with Crippen LogP contribution in [0.3, 0.4) is 0 Å². The molecule has 4 nitrogen and oxygen atoms in total. The quantitative estimate of drug-likeness (QED) is 0.546. The average Bonchev–Trinajstić information content (AvgIpc) is 2.38. The zero-order chi connectivity index (χ0) is 12.3. The molecule has 0 aliphatic heterocycles. The predicted molar refractivity (Wildman–Crippen MR) is 66.3 cm³/mol. The Hall–Kier alpha value is -1.70. The number of nitrogens with one attached hydrogen (secondary N) is 1. The number of ether oxygens (including phenoxy) is 1. The van der Waals surface area contributed by atoms with Gasteiger partial charge in [0.15, 0.2) is 0 Å². The molecule has 0 unspecified atom stereocenters. The van der Waals surface area contributed by atoms with Crippen LogP contribution in [0.25, 0.3) is 0 Å². The first-order valence-electron chi connectivity index (χ1n) is 5.62. The van der Waals surface area contributed by atoms with E-state index in [2.05, 4.69) is 22.9 Å². The summed E-state index contributed by atoms with van der Waals surface area (Å²) in [7, 11) is 0. The van der Waals surface area contributed by atoms with Crippen molar-refractivity contribution in [1.29, 1.82) is 5.26 Å². The number of pyridine rings is 1. The molecule has 90 valence electrons. The zero-order valence-corrected chi connectivity index (χ0v) is 9.85. The van der Waals surface area contributed by atoms with E-state index >= 15 is 0 Å². The standard InChI is InChI=1S/C13H17N3O/c1-2-3-8-17-9-7-15-11-12-5-4-6-16-13(12)10-14/h2,4-6,15H,1,3,7-9,11H2. The molecular formula is C13H17N3O. The van der Waals surface area contributed by atoms with Gasteiger partial charge in [-0.3, -0.25) is 0 Å². The Bertz CT molecular complexity index is 384. The summed E-state index contributed by atoms with van der Waals surface area (Å²) < 4.78 is 5.35. The van der Waals surface area contributed by atoms with Gasteiger partial charge in [0.05, 0.1) is 13.2 Å². The van der Waals surface area contributed by atoms with Crippen molar-refractivity contribution in [2.75, 3.05) is 19.8 Å². The average molecular weight is 231 g/mol. The topological polar surface area (TPSA) is 57.9 Å². The summed E-state index contributed by atoms with van der Waals surface area (Å²) >= 11 is 0. The van der Waals surface area contributed by atoms with E-state index in [1.165, 1.54) is 0 Å². The van der Waals surface area contributed by atoms with E-state index < -0.39 is 0 Å². The fraction of sp³-hybridized carbons (Fsp3) is 0.385. The van der Waals surface area contributed by atoms with Crippen LogP contribution in [0.5, 0.6) is 0 Å². The lowest BCUT2D eigenvalue weighted by Crippen LogP contribution is -2.20. The summed E-state index contributed by atoms with van der Waals surface area (Å²) in [6.07, 6.45) is 4.34. The summed E-state index contributed by atoms with van der Waals surface area (Å²) in [5, 5.41) is 12.1. The Kier molecular flexibility index (Phi) is 6.64. The zero-order valence-electron chi connectivity index (χ0n) is 9.85. The first-order valence-corrected chi connectivity index (χ1v) is 5.62. The van der Waals surface area contributed by atoms with Gasteiger partial charge in [-0.15, -0.1) is 6.58 Å². The smallest absolute Gasteiger partial charge is 0.144 e. The minimum Gasteiger partial charge on any atom is -0.380 e. The van der Waals surface area contributed by atoms with Crippen molar-refractivity contribution in [1.82, 2.24) is 10.3 Å². The largest absolute Gasteiger partial charge is 0.380 e. The van der Waals surface area contributed by atoms with E-state index in [1.807, 2.05) is 18.2 Å². The van der Waals surface area contributed by atoms with Gasteiger partial charge in [-0.25, -0.2) is 4.98 Å². The Balaban J connectivity index is 2.18. The van der Waals surface area contributed by atoms with Crippen LogP contribution in [0.15, 0.2) is 31.0 Å². The van der Waals surface area contributed by atoms with Crippen LogP contribution in [0.4, 0.5) is 0 Å². The van der Waals surface area contributed by atoms with E-state index in [-0.39, 0.29) is 0 Å². The molecule has 0 atom stereocenters. The van der Waals surface area contributed by atoms with Crippen LogP contribution in [-0.2, 0) is 11.3 Å². The highest BCUT2D eigenvalue weighted by molar-refractivity contribution is 5.30. The molecule has 0 fully saturated rings. The maximum absolute atomic E-state index is 8.84. The van der Waals surface area contributed by atoms with Crippen molar-refractivity contribution in [2.24, 2.45) is 0 Å². The molecule has 1 aromatic heterocycles. The van der Waals surface area contributed by atoms with Crippen molar-refractivity contribution in [3.8, 4) is 6.07 Å². The number of nitrogens with zero attached hydrogens (tertiary/aromatic N) is 2. The van der Waals surface area contributed by atoms with E-state index in [1.54, 1.807) is 6.20 Å². The molecule has 0 aliphatic carbocycles. The SMILES string of the molecule is C=CCCOCCNCc1cccnc1C#N. The molecule has 0 aromatic carbocycles. The molecule has 0 spiro atoms. The fourth-order valence-electron chi connectivity index (χ4n) is 1.32. The fourth-order valence-corrected chi connectivity index (χ4v) is 1.32. The third-order valence-electron chi connectivity index (χ3n) is 2.20. The van der Waals surface area contributed by atoms with Gasteiger partial charge in [0.1, 0.15) is 11.8 Å². The van der Waals surface area contributed by atoms with Gasteiger partial charge in [0, 0.05) is 24.8 Å². The van der Waals surface area contributed by atoms with E-state index in [0.29, 0.717) is 25.5 Å². The van der Waals surface area contributed by atoms with Gasteiger partial charge in [0.25, 0.3) is 0 Å². The van der Waals surface area contributed by atoms with E-state index in [9.17, 15) is 0 Å². The number of hydrogen-bond donors (Lipinski definition) is 1. The highest BCUT2D eigenvalue weighted by Crippen LogP contribution is 2.02. The minimum atomic E-state index is 0.479. The number of rotatable bonds is 8. The van der Waals surface area contributed by atoms with Gasteiger partial charge >= 0.3 is 0 Å². The molecule has 0 bridgehead atoms. The number of nitriles is 1. The second kappa shape index (κ2) is 8.45. The van der Waals surface area contributed by atoms with Gasteiger partial charge in [0.2, 0.25) is 0 Å². The third-order valence-corrected chi connectivity index (χ3v) is 2.20. The molecular weight excluding hydrogens is 214 g/mol. The lowest BCUT2D eigenvalue weighted by molar-refractivity contribution is 0.140. The van der Waals surface area contributed by atoms with Gasteiger partial charge in [-0.1, -0.05) is 12.1 Å². The summed E-state index contributed by atoms with van der Waals surface area (Å²) in [6, 6.07) is 5.80. The van der Waals surface area contributed by atoms with Crippen LogP contribution in [0.2, 0.25) is 0 Å². The Morgan fingerprint density at radius 2 is 2.41 bits per heavy atom. The monoisotopic (exact) mass is 231 g/mol. The molecule has 0 radical (unpaired) electrons. The third kappa shape index (κ3) is 5.25.